The first-order valence-corrected chi connectivity index (χ1v) is 7.22. The Balaban J connectivity index is 2.03. The van der Waals surface area contributed by atoms with E-state index in [1.807, 2.05) is 0 Å². The third-order valence-corrected chi connectivity index (χ3v) is 4.21. The van der Waals surface area contributed by atoms with Crippen molar-refractivity contribution in [2.75, 3.05) is 13.1 Å². The second-order valence-electron chi connectivity index (χ2n) is 6.22. The molecular weight excluding hydrogens is 258 g/mol. The quantitative estimate of drug-likeness (QED) is 0.762. The lowest BCUT2D eigenvalue weighted by atomic mass is 10.0. The first-order chi connectivity index (χ1) is 9.29. The molecule has 1 heterocycles. The third kappa shape index (κ3) is 2.44. The summed E-state index contributed by atoms with van der Waals surface area (Å²) in [6.45, 7) is 9.30. The highest BCUT2D eigenvalue weighted by Gasteiger charge is 2.62. The summed E-state index contributed by atoms with van der Waals surface area (Å²) in [7, 11) is 0. The second-order valence-corrected chi connectivity index (χ2v) is 6.22. The molecule has 1 saturated heterocycles. The van der Waals surface area contributed by atoms with Gasteiger partial charge in [-0.1, -0.05) is 0 Å². The van der Waals surface area contributed by atoms with Crippen molar-refractivity contribution in [1.82, 2.24) is 15.1 Å². The molecule has 4 amide bonds. The van der Waals surface area contributed by atoms with Crippen molar-refractivity contribution in [3.8, 4) is 0 Å². The van der Waals surface area contributed by atoms with Crippen LogP contribution in [-0.2, 0) is 9.59 Å². The molecule has 112 valence electrons. The van der Waals surface area contributed by atoms with E-state index in [1.54, 1.807) is 0 Å². The van der Waals surface area contributed by atoms with Crippen molar-refractivity contribution in [3.63, 3.8) is 0 Å². The number of barbiturate groups is 1. The Bertz CT molecular complexity index is 433. The summed E-state index contributed by atoms with van der Waals surface area (Å²) in [6, 6.07) is 0.105. The average molecular weight is 281 g/mol. The van der Waals surface area contributed by atoms with E-state index in [1.165, 1.54) is 4.90 Å². The van der Waals surface area contributed by atoms with Gasteiger partial charge >= 0.3 is 6.03 Å². The molecule has 2 fully saturated rings. The van der Waals surface area contributed by atoms with Crippen molar-refractivity contribution in [2.45, 2.75) is 52.6 Å². The van der Waals surface area contributed by atoms with Gasteiger partial charge in [0.05, 0.1) is 0 Å². The van der Waals surface area contributed by atoms with Gasteiger partial charge < -0.3 is 0 Å². The molecular formula is C14H23N3O3. The van der Waals surface area contributed by atoms with Crippen molar-refractivity contribution >= 4 is 17.8 Å². The normalized spacial score (nSPS) is 21.4. The summed E-state index contributed by atoms with van der Waals surface area (Å²) in [5, 5.41) is 2.30. The van der Waals surface area contributed by atoms with Gasteiger partial charge in [0.25, 0.3) is 0 Å². The van der Waals surface area contributed by atoms with E-state index in [0.717, 1.165) is 0 Å². The predicted octanol–water partition coefficient (Wildman–Crippen LogP) is 0.964. The van der Waals surface area contributed by atoms with Crippen LogP contribution in [0.15, 0.2) is 0 Å². The molecule has 0 aromatic heterocycles. The number of imide groups is 2. The zero-order chi connectivity index (χ0) is 15.1. The Morgan fingerprint density at radius 2 is 1.70 bits per heavy atom. The minimum Gasteiger partial charge on any atom is -0.297 e. The number of hydrogen-bond donors (Lipinski definition) is 1. The molecule has 1 aliphatic heterocycles. The smallest absolute Gasteiger partial charge is 0.297 e. The number of carbonyl (C=O) groups excluding carboxylic acids is 3. The fourth-order valence-electron chi connectivity index (χ4n) is 2.83. The van der Waals surface area contributed by atoms with Crippen LogP contribution in [0.5, 0.6) is 0 Å². The van der Waals surface area contributed by atoms with Crippen LogP contribution >= 0.6 is 0 Å². The van der Waals surface area contributed by atoms with E-state index in [-0.39, 0.29) is 5.91 Å². The van der Waals surface area contributed by atoms with Gasteiger partial charge in [-0.25, -0.2) is 4.79 Å². The first-order valence-electron chi connectivity index (χ1n) is 7.22. The molecule has 2 rings (SSSR count). The molecule has 6 heteroatoms. The predicted molar refractivity (Wildman–Crippen MR) is 73.9 cm³/mol. The number of nitrogens with zero attached hydrogens (tertiary/aromatic N) is 2. The Morgan fingerprint density at radius 1 is 1.15 bits per heavy atom. The molecule has 20 heavy (non-hydrogen) atoms. The van der Waals surface area contributed by atoms with Gasteiger partial charge in [0.15, 0.2) is 0 Å². The molecule has 0 bridgehead atoms. The molecule has 0 radical (unpaired) electrons. The van der Waals surface area contributed by atoms with Gasteiger partial charge in [0, 0.05) is 25.2 Å². The number of amides is 4. The summed E-state index contributed by atoms with van der Waals surface area (Å²) in [5.41, 5.74) is -0.936. The summed E-state index contributed by atoms with van der Waals surface area (Å²) in [5.74, 6) is -0.743. The standard InChI is InChI=1S/C14H23N3O3/c1-9(2)16(10(3)4)7-8-17-12(19)14(5-6-14)11(18)15-13(17)20/h9-10H,5-8H2,1-4H3,(H,15,18,20). The number of rotatable bonds is 5. The monoisotopic (exact) mass is 281 g/mol. The highest BCUT2D eigenvalue weighted by molar-refractivity contribution is 6.20. The third-order valence-electron chi connectivity index (χ3n) is 4.21. The molecule has 6 nitrogen and oxygen atoms in total. The number of urea groups is 1. The second kappa shape index (κ2) is 5.16. The van der Waals surface area contributed by atoms with Gasteiger partial charge in [-0.15, -0.1) is 0 Å². The maximum Gasteiger partial charge on any atom is 0.330 e. The minimum atomic E-state index is -0.936. The first kappa shape index (κ1) is 15.0. The van der Waals surface area contributed by atoms with Gasteiger partial charge in [-0.3, -0.25) is 24.7 Å². The van der Waals surface area contributed by atoms with Crippen LogP contribution in [0.25, 0.3) is 0 Å². The van der Waals surface area contributed by atoms with Crippen LogP contribution in [0.3, 0.4) is 0 Å². The number of nitrogens with one attached hydrogen (secondary N) is 1. The Morgan fingerprint density at radius 3 is 2.15 bits per heavy atom. The van der Waals surface area contributed by atoms with E-state index >= 15 is 0 Å². The fraction of sp³-hybridized carbons (Fsp3) is 0.786. The summed E-state index contributed by atoms with van der Waals surface area (Å²) < 4.78 is 0. The lowest BCUT2D eigenvalue weighted by Gasteiger charge is -2.35. The SMILES string of the molecule is CC(C)N(CCN1C(=O)NC(=O)C2(CC2)C1=O)C(C)C. The molecule has 0 atom stereocenters. The molecule has 1 saturated carbocycles. The van der Waals surface area contributed by atoms with Gasteiger partial charge in [0.1, 0.15) is 5.41 Å². The van der Waals surface area contributed by atoms with Crippen LogP contribution in [-0.4, -0.2) is 52.8 Å². The van der Waals surface area contributed by atoms with Crippen LogP contribution in [0.4, 0.5) is 4.79 Å². The van der Waals surface area contributed by atoms with E-state index in [9.17, 15) is 14.4 Å². The Hall–Kier alpha value is -1.43. The zero-order valence-electron chi connectivity index (χ0n) is 12.6. The summed E-state index contributed by atoms with van der Waals surface area (Å²) in [4.78, 5) is 39.3. The summed E-state index contributed by atoms with van der Waals surface area (Å²) in [6.07, 6.45) is 1.11. The van der Waals surface area contributed by atoms with Gasteiger partial charge in [-0.2, -0.15) is 0 Å². The number of hydrogen-bond acceptors (Lipinski definition) is 4. The van der Waals surface area contributed by atoms with Gasteiger partial charge in [0.2, 0.25) is 11.8 Å². The van der Waals surface area contributed by atoms with Crippen molar-refractivity contribution in [3.05, 3.63) is 0 Å². The molecule has 1 spiro atoms. The Kier molecular flexibility index (Phi) is 3.86. The highest BCUT2D eigenvalue weighted by atomic mass is 16.2. The van der Waals surface area contributed by atoms with Crippen LogP contribution < -0.4 is 5.32 Å². The van der Waals surface area contributed by atoms with Crippen molar-refractivity contribution < 1.29 is 14.4 Å². The minimum absolute atomic E-state index is 0.321. The average Bonchev–Trinajstić information content (AvgIpc) is 3.12. The maximum absolute atomic E-state index is 12.3. The largest absolute Gasteiger partial charge is 0.330 e. The highest BCUT2D eigenvalue weighted by Crippen LogP contribution is 2.48. The van der Waals surface area contributed by atoms with E-state index < -0.39 is 17.4 Å². The van der Waals surface area contributed by atoms with Crippen molar-refractivity contribution in [1.29, 1.82) is 0 Å². The molecule has 0 unspecified atom stereocenters. The lowest BCUT2D eigenvalue weighted by Crippen LogP contribution is -2.60. The molecule has 0 aromatic rings. The van der Waals surface area contributed by atoms with Crippen LogP contribution in [0.2, 0.25) is 0 Å². The van der Waals surface area contributed by atoms with E-state index in [0.29, 0.717) is 38.0 Å². The number of carbonyl (C=O) groups is 3. The van der Waals surface area contributed by atoms with Crippen LogP contribution in [0, 0.1) is 5.41 Å². The van der Waals surface area contributed by atoms with E-state index in [4.69, 9.17) is 0 Å². The van der Waals surface area contributed by atoms with E-state index in [2.05, 4.69) is 37.9 Å². The molecule has 0 aromatic carbocycles. The topological polar surface area (TPSA) is 69.7 Å². The Labute approximate surface area is 119 Å². The van der Waals surface area contributed by atoms with Crippen molar-refractivity contribution in [2.24, 2.45) is 5.41 Å². The fourth-order valence-corrected chi connectivity index (χ4v) is 2.83. The maximum atomic E-state index is 12.3. The molecule has 1 aliphatic carbocycles. The lowest BCUT2D eigenvalue weighted by molar-refractivity contribution is -0.144. The molecule has 1 N–H and O–H groups in total. The van der Waals surface area contributed by atoms with Gasteiger partial charge in [-0.05, 0) is 40.5 Å². The zero-order valence-corrected chi connectivity index (χ0v) is 12.6. The summed E-state index contributed by atoms with van der Waals surface area (Å²) >= 11 is 0. The van der Waals surface area contributed by atoms with Crippen LogP contribution in [0.1, 0.15) is 40.5 Å². The molecule has 2 aliphatic rings.